The first kappa shape index (κ1) is 26.5. The topological polar surface area (TPSA) is 88.7 Å². The minimum absolute atomic E-state index is 0.0805. The van der Waals surface area contributed by atoms with Crippen LogP contribution in [-0.2, 0) is 34.3 Å². The maximum Gasteiger partial charge on any atom is 0.340 e. The molecule has 2 aromatic carbocycles. The number of nitrogens with one attached hydrogen (secondary N) is 1. The maximum atomic E-state index is 13.8. The lowest BCUT2D eigenvalue weighted by Gasteiger charge is -2.23. The van der Waals surface area contributed by atoms with Gasteiger partial charge in [-0.3, -0.25) is 0 Å². The molecule has 3 aromatic rings. The van der Waals surface area contributed by atoms with Crippen LogP contribution in [0.4, 0.5) is 0 Å². The molecule has 0 aliphatic heterocycles. The van der Waals surface area contributed by atoms with Gasteiger partial charge in [-0.2, -0.15) is 4.31 Å². The number of ether oxygens (including phenoxy) is 2. The van der Waals surface area contributed by atoms with Crippen molar-refractivity contribution in [3.8, 4) is 5.75 Å². The lowest BCUT2D eigenvalue weighted by Crippen LogP contribution is -2.30. The molecule has 0 spiro atoms. The summed E-state index contributed by atoms with van der Waals surface area (Å²) >= 11 is 0. The largest absolute Gasteiger partial charge is 0.497 e. The number of esters is 1. The number of carbonyl (C=O) groups excluding carboxylic acids is 1. The van der Waals surface area contributed by atoms with Crippen molar-refractivity contribution in [3.63, 3.8) is 0 Å². The molecule has 1 aromatic heterocycles. The molecule has 8 heteroatoms. The first-order valence-corrected chi connectivity index (χ1v) is 13.2. The third kappa shape index (κ3) is 6.13. The Bertz CT molecular complexity index is 1250. The number of aryl methyl sites for hydroxylation is 2. The van der Waals surface area contributed by atoms with E-state index in [1.54, 1.807) is 33.1 Å². The van der Waals surface area contributed by atoms with Crippen LogP contribution in [0.3, 0.4) is 0 Å². The molecule has 188 valence electrons. The number of benzene rings is 2. The van der Waals surface area contributed by atoms with E-state index in [-0.39, 0.29) is 24.6 Å². The zero-order chi connectivity index (χ0) is 25.6. The number of rotatable bonds is 11. The van der Waals surface area contributed by atoms with E-state index in [2.05, 4.69) is 11.9 Å². The van der Waals surface area contributed by atoms with Crippen molar-refractivity contribution in [2.75, 3.05) is 13.7 Å². The molecule has 0 saturated carbocycles. The zero-order valence-corrected chi connectivity index (χ0v) is 21.9. The molecule has 1 heterocycles. The van der Waals surface area contributed by atoms with Crippen molar-refractivity contribution in [2.45, 2.75) is 58.5 Å². The number of H-pyrrole nitrogens is 1. The Morgan fingerprint density at radius 2 is 1.57 bits per heavy atom. The molecule has 0 bridgehead atoms. The fourth-order valence-electron chi connectivity index (χ4n) is 4.08. The predicted octanol–water partition coefficient (Wildman–Crippen LogP) is 5.16. The Morgan fingerprint density at radius 1 is 0.943 bits per heavy atom. The third-order valence-electron chi connectivity index (χ3n) is 5.97. The number of carbonyl (C=O) groups is 1. The minimum atomic E-state index is -3.83. The zero-order valence-electron chi connectivity index (χ0n) is 21.1. The van der Waals surface area contributed by atoms with Crippen LogP contribution in [0.1, 0.15) is 58.7 Å². The SMILES string of the molecule is CCCc1ccc(S(=O)(=O)N(Cc2ccc(OC)cc2)Cc2[nH]c(C)c(C(=O)OCC)c2C)cc1. The number of nitrogens with zero attached hydrogens (tertiary/aromatic N) is 1. The second-order valence-corrected chi connectivity index (χ2v) is 10.4. The van der Waals surface area contributed by atoms with Gasteiger partial charge in [0.25, 0.3) is 0 Å². The molecule has 0 amide bonds. The molecular weight excluding hydrogens is 464 g/mol. The molecule has 35 heavy (non-hydrogen) atoms. The molecule has 0 atom stereocenters. The van der Waals surface area contributed by atoms with Gasteiger partial charge in [0.1, 0.15) is 5.75 Å². The van der Waals surface area contributed by atoms with Gasteiger partial charge in [0.15, 0.2) is 0 Å². The standard InChI is InChI=1S/C27H34N2O5S/c1-6-8-21-11-15-24(16-12-21)35(31,32)29(17-22-9-13-23(33-5)14-10-22)18-25-19(3)26(20(4)28-25)27(30)34-7-2/h9-16,28H,6-8,17-18H2,1-5H3. The van der Waals surface area contributed by atoms with E-state index in [0.717, 1.165) is 24.0 Å². The average Bonchev–Trinajstić information content (AvgIpc) is 3.12. The van der Waals surface area contributed by atoms with Crippen LogP contribution < -0.4 is 4.74 Å². The first-order valence-electron chi connectivity index (χ1n) is 11.8. The Balaban J connectivity index is 1.99. The van der Waals surface area contributed by atoms with Gasteiger partial charge in [0, 0.05) is 17.9 Å². The highest BCUT2D eigenvalue weighted by Crippen LogP contribution is 2.26. The Hall–Kier alpha value is -3.10. The quantitative estimate of drug-likeness (QED) is 0.369. The molecule has 0 fully saturated rings. The van der Waals surface area contributed by atoms with Gasteiger partial charge in [-0.15, -0.1) is 0 Å². The van der Waals surface area contributed by atoms with Gasteiger partial charge in [-0.05, 0) is 68.1 Å². The molecule has 0 aliphatic rings. The molecule has 0 unspecified atom stereocenters. The van der Waals surface area contributed by atoms with Gasteiger partial charge in [-0.1, -0.05) is 37.6 Å². The van der Waals surface area contributed by atoms with Crippen LogP contribution in [0.25, 0.3) is 0 Å². The second kappa shape index (κ2) is 11.6. The van der Waals surface area contributed by atoms with Crippen LogP contribution in [0, 0.1) is 13.8 Å². The van der Waals surface area contributed by atoms with Gasteiger partial charge in [0.05, 0.1) is 30.7 Å². The summed E-state index contributed by atoms with van der Waals surface area (Å²) < 4.78 is 39.4. The lowest BCUT2D eigenvalue weighted by atomic mass is 10.1. The number of hydrogen-bond acceptors (Lipinski definition) is 5. The molecule has 0 aliphatic carbocycles. The lowest BCUT2D eigenvalue weighted by molar-refractivity contribution is 0.0525. The van der Waals surface area contributed by atoms with Crippen LogP contribution >= 0.6 is 0 Å². The molecule has 1 N–H and O–H groups in total. The summed E-state index contributed by atoms with van der Waals surface area (Å²) in [6, 6.07) is 14.4. The number of methoxy groups -OCH3 is 1. The molecule has 7 nitrogen and oxygen atoms in total. The maximum absolute atomic E-state index is 13.8. The average molecular weight is 499 g/mol. The number of aromatic amines is 1. The van der Waals surface area contributed by atoms with Crippen LogP contribution in [0.2, 0.25) is 0 Å². The highest BCUT2D eigenvalue weighted by Gasteiger charge is 2.28. The normalized spacial score (nSPS) is 11.6. The van der Waals surface area contributed by atoms with Crippen molar-refractivity contribution in [1.82, 2.24) is 9.29 Å². The molecule has 3 rings (SSSR count). The van der Waals surface area contributed by atoms with Gasteiger partial charge >= 0.3 is 5.97 Å². The predicted molar refractivity (Wildman–Crippen MR) is 136 cm³/mol. The number of aromatic nitrogens is 1. The number of sulfonamides is 1. The smallest absolute Gasteiger partial charge is 0.340 e. The molecular formula is C27H34N2O5S. The van der Waals surface area contributed by atoms with E-state index in [1.807, 2.05) is 43.3 Å². The fourth-order valence-corrected chi connectivity index (χ4v) is 5.48. The van der Waals surface area contributed by atoms with E-state index >= 15 is 0 Å². The number of hydrogen-bond donors (Lipinski definition) is 1. The fraction of sp³-hybridized carbons (Fsp3) is 0.370. The van der Waals surface area contributed by atoms with Crippen molar-refractivity contribution in [3.05, 3.63) is 82.2 Å². The summed E-state index contributed by atoms with van der Waals surface area (Å²) in [7, 11) is -2.24. The monoisotopic (exact) mass is 498 g/mol. The van der Waals surface area contributed by atoms with Crippen molar-refractivity contribution < 1.29 is 22.7 Å². The van der Waals surface area contributed by atoms with E-state index in [1.165, 1.54) is 4.31 Å². The van der Waals surface area contributed by atoms with E-state index < -0.39 is 16.0 Å². The third-order valence-corrected chi connectivity index (χ3v) is 7.78. The summed E-state index contributed by atoms with van der Waals surface area (Å²) in [5.74, 6) is 0.283. The summed E-state index contributed by atoms with van der Waals surface area (Å²) in [5.41, 5.74) is 4.38. The van der Waals surface area contributed by atoms with Crippen LogP contribution in [0.5, 0.6) is 5.75 Å². The van der Waals surface area contributed by atoms with Crippen molar-refractivity contribution in [2.24, 2.45) is 0 Å². The summed E-state index contributed by atoms with van der Waals surface area (Å²) in [4.78, 5) is 15.9. The Kier molecular flexibility index (Phi) is 8.75. The van der Waals surface area contributed by atoms with E-state index in [9.17, 15) is 13.2 Å². The minimum Gasteiger partial charge on any atom is -0.497 e. The summed E-state index contributed by atoms with van der Waals surface area (Å²) in [6.45, 7) is 7.95. The van der Waals surface area contributed by atoms with Crippen LogP contribution in [-0.4, -0.2) is 37.4 Å². The Morgan fingerprint density at radius 3 is 2.14 bits per heavy atom. The second-order valence-electron chi connectivity index (χ2n) is 8.46. The van der Waals surface area contributed by atoms with Gasteiger partial charge in [0.2, 0.25) is 10.0 Å². The van der Waals surface area contributed by atoms with E-state index in [0.29, 0.717) is 28.3 Å². The van der Waals surface area contributed by atoms with Crippen molar-refractivity contribution >= 4 is 16.0 Å². The van der Waals surface area contributed by atoms with Crippen molar-refractivity contribution in [1.29, 1.82) is 0 Å². The summed E-state index contributed by atoms with van der Waals surface area (Å²) in [6.07, 6.45) is 1.89. The Labute approximate surface area is 208 Å². The first-order chi connectivity index (χ1) is 16.7. The van der Waals surface area contributed by atoms with Crippen LogP contribution in [0.15, 0.2) is 53.4 Å². The van der Waals surface area contributed by atoms with Gasteiger partial charge in [-0.25, -0.2) is 13.2 Å². The van der Waals surface area contributed by atoms with E-state index in [4.69, 9.17) is 9.47 Å². The summed E-state index contributed by atoms with van der Waals surface area (Å²) in [5, 5.41) is 0. The highest BCUT2D eigenvalue weighted by molar-refractivity contribution is 7.89. The highest BCUT2D eigenvalue weighted by atomic mass is 32.2. The van der Waals surface area contributed by atoms with Gasteiger partial charge < -0.3 is 14.5 Å². The molecule has 0 radical (unpaired) electrons. The molecule has 0 saturated heterocycles.